The number of carbonyl (C=O) groups is 1. The Morgan fingerprint density at radius 3 is 3.16 bits per heavy atom. The van der Waals surface area contributed by atoms with E-state index in [0.29, 0.717) is 30.0 Å². The molecule has 19 heavy (non-hydrogen) atoms. The standard InChI is InChI=1S/C14H23N3O2/c1-10(2)5-7-16-13(18)12-9-19-14(17-12)11-4-3-6-15-8-11/h9-11,15H,3-8H2,1-2H3,(H,16,18). The number of nitrogens with one attached hydrogen (secondary N) is 2. The summed E-state index contributed by atoms with van der Waals surface area (Å²) in [6.45, 7) is 6.89. The molecule has 0 bridgehead atoms. The highest BCUT2D eigenvalue weighted by atomic mass is 16.3. The van der Waals surface area contributed by atoms with Crippen LogP contribution in [-0.4, -0.2) is 30.5 Å². The van der Waals surface area contributed by atoms with Crippen LogP contribution in [0.15, 0.2) is 10.7 Å². The average molecular weight is 265 g/mol. The Balaban J connectivity index is 1.87. The van der Waals surface area contributed by atoms with Gasteiger partial charge in [0.15, 0.2) is 11.6 Å². The molecule has 106 valence electrons. The van der Waals surface area contributed by atoms with Crippen LogP contribution >= 0.6 is 0 Å². The van der Waals surface area contributed by atoms with E-state index in [-0.39, 0.29) is 5.91 Å². The third-order valence-electron chi connectivity index (χ3n) is 3.41. The van der Waals surface area contributed by atoms with Gasteiger partial charge in [-0.3, -0.25) is 4.79 Å². The topological polar surface area (TPSA) is 67.2 Å². The van der Waals surface area contributed by atoms with Crippen LogP contribution in [0.25, 0.3) is 0 Å². The summed E-state index contributed by atoms with van der Waals surface area (Å²) in [5.41, 5.74) is 0.393. The van der Waals surface area contributed by atoms with Gasteiger partial charge in [0.25, 0.3) is 5.91 Å². The van der Waals surface area contributed by atoms with E-state index in [4.69, 9.17) is 4.42 Å². The summed E-state index contributed by atoms with van der Waals surface area (Å²) in [5, 5.41) is 6.19. The zero-order valence-electron chi connectivity index (χ0n) is 11.7. The third-order valence-corrected chi connectivity index (χ3v) is 3.41. The average Bonchev–Trinajstić information content (AvgIpc) is 2.89. The van der Waals surface area contributed by atoms with E-state index < -0.39 is 0 Å². The SMILES string of the molecule is CC(C)CCNC(=O)c1coc(C2CCCNC2)n1. The summed E-state index contributed by atoms with van der Waals surface area (Å²) in [6, 6.07) is 0. The number of oxazole rings is 1. The van der Waals surface area contributed by atoms with Crippen molar-refractivity contribution in [1.82, 2.24) is 15.6 Å². The fraction of sp³-hybridized carbons (Fsp3) is 0.714. The van der Waals surface area contributed by atoms with Gasteiger partial charge < -0.3 is 15.1 Å². The molecule has 1 aromatic heterocycles. The molecule has 0 aliphatic carbocycles. The van der Waals surface area contributed by atoms with Gasteiger partial charge in [-0.25, -0.2) is 4.98 Å². The van der Waals surface area contributed by atoms with E-state index in [0.717, 1.165) is 32.4 Å². The van der Waals surface area contributed by atoms with E-state index in [1.165, 1.54) is 6.26 Å². The number of aromatic nitrogens is 1. The van der Waals surface area contributed by atoms with Crippen LogP contribution in [0.2, 0.25) is 0 Å². The Labute approximate surface area is 114 Å². The molecule has 0 aromatic carbocycles. The van der Waals surface area contributed by atoms with Crippen LogP contribution < -0.4 is 10.6 Å². The van der Waals surface area contributed by atoms with Crippen LogP contribution in [0.3, 0.4) is 0 Å². The van der Waals surface area contributed by atoms with Crippen molar-refractivity contribution in [1.29, 1.82) is 0 Å². The first-order valence-corrected chi connectivity index (χ1v) is 7.11. The van der Waals surface area contributed by atoms with Crippen molar-refractivity contribution in [2.45, 2.75) is 39.0 Å². The van der Waals surface area contributed by atoms with Crippen LogP contribution in [0.4, 0.5) is 0 Å². The molecule has 5 heteroatoms. The van der Waals surface area contributed by atoms with Gasteiger partial charge in [0, 0.05) is 19.0 Å². The highest BCUT2D eigenvalue weighted by molar-refractivity contribution is 5.91. The number of hydrogen-bond donors (Lipinski definition) is 2. The number of carbonyl (C=O) groups excluding carboxylic acids is 1. The molecule has 1 unspecified atom stereocenters. The first-order chi connectivity index (χ1) is 9.16. The van der Waals surface area contributed by atoms with Crippen molar-refractivity contribution >= 4 is 5.91 Å². The summed E-state index contributed by atoms with van der Waals surface area (Å²) in [6.07, 6.45) is 4.64. The Bertz CT molecular complexity index is 409. The molecule has 1 amide bonds. The lowest BCUT2D eigenvalue weighted by molar-refractivity contribution is 0.0947. The predicted octanol–water partition coefficient (Wildman–Crippen LogP) is 1.92. The zero-order chi connectivity index (χ0) is 13.7. The zero-order valence-corrected chi connectivity index (χ0v) is 11.7. The summed E-state index contributed by atoms with van der Waals surface area (Å²) < 4.78 is 5.44. The van der Waals surface area contributed by atoms with Crippen molar-refractivity contribution in [3.63, 3.8) is 0 Å². The highest BCUT2D eigenvalue weighted by Crippen LogP contribution is 2.22. The Kier molecular flexibility index (Phi) is 4.96. The van der Waals surface area contributed by atoms with E-state index in [9.17, 15) is 4.79 Å². The Morgan fingerprint density at radius 1 is 1.63 bits per heavy atom. The predicted molar refractivity (Wildman–Crippen MR) is 73.1 cm³/mol. The first-order valence-electron chi connectivity index (χ1n) is 7.11. The minimum absolute atomic E-state index is 0.139. The van der Waals surface area contributed by atoms with E-state index in [1.54, 1.807) is 0 Å². The second-order valence-electron chi connectivity index (χ2n) is 5.55. The minimum Gasteiger partial charge on any atom is -0.448 e. The van der Waals surface area contributed by atoms with Crippen LogP contribution in [0, 0.1) is 5.92 Å². The van der Waals surface area contributed by atoms with Crippen molar-refractivity contribution in [2.24, 2.45) is 5.92 Å². The molecule has 0 saturated carbocycles. The molecule has 2 heterocycles. The number of hydrogen-bond acceptors (Lipinski definition) is 4. The number of rotatable bonds is 5. The number of piperidine rings is 1. The number of nitrogens with zero attached hydrogens (tertiary/aromatic N) is 1. The lowest BCUT2D eigenvalue weighted by atomic mass is 10.00. The van der Waals surface area contributed by atoms with E-state index in [2.05, 4.69) is 29.5 Å². The molecule has 1 aliphatic heterocycles. The molecule has 5 nitrogen and oxygen atoms in total. The normalized spacial score (nSPS) is 19.6. The quantitative estimate of drug-likeness (QED) is 0.853. The van der Waals surface area contributed by atoms with Crippen LogP contribution in [0.1, 0.15) is 55.4 Å². The second kappa shape index (κ2) is 6.70. The van der Waals surface area contributed by atoms with Gasteiger partial charge in [0.05, 0.1) is 0 Å². The molecule has 0 radical (unpaired) electrons. The van der Waals surface area contributed by atoms with Gasteiger partial charge in [-0.15, -0.1) is 0 Å². The van der Waals surface area contributed by atoms with Crippen molar-refractivity contribution in [3.8, 4) is 0 Å². The van der Waals surface area contributed by atoms with Gasteiger partial charge in [-0.2, -0.15) is 0 Å². The Morgan fingerprint density at radius 2 is 2.47 bits per heavy atom. The third kappa shape index (κ3) is 4.06. The van der Waals surface area contributed by atoms with Gasteiger partial charge in [0.1, 0.15) is 6.26 Å². The molecule has 1 saturated heterocycles. The lowest BCUT2D eigenvalue weighted by Crippen LogP contribution is -2.29. The summed E-state index contributed by atoms with van der Waals surface area (Å²) >= 11 is 0. The minimum atomic E-state index is -0.139. The van der Waals surface area contributed by atoms with Crippen molar-refractivity contribution in [2.75, 3.05) is 19.6 Å². The van der Waals surface area contributed by atoms with E-state index >= 15 is 0 Å². The van der Waals surface area contributed by atoms with Crippen LogP contribution in [-0.2, 0) is 0 Å². The van der Waals surface area contributed by atoms with Gasteiger partial charge >= 0.3 is 0 Å². The lowest BCUT2D eigenvalue weighted by Gasteiger charge is -2.19. The largest absolute Gasteiger partial charge is 0.448 e. The molecule has 1 aliphatic rings. The summed E-state index contributed by atoms with van der Waals surface area (Å²) in [7, 11) is 0. The maximum atomic E-state index is 11.9. The maximum absolute atomic E-state index is 11.9. The molecule has 1 atom stereocenters. The fourth-order valence-corrected chi connectivity index (χ4v) is 2.21. The second-order valence-corrected chi connectivity index (χ2v) is 5.55. The Hall–Kier alpha value is -1.36. The summed E-state index contributed by atoms with van der Waals surface area (Å²) in [4.78, 5) is 16.2. The molecule has 1 aromatic rings. The molecular formula is C14H23N3O2. The maximum Gasteiger partial charge on any atom is 0.273 e. The van der Waals surface area contributed by atoms with Crippen LogP contribution in [0.5, 0.6) is 0 Å². The molecule has 1 fully saturated rings. The van der Waals surface area contributed by atoms with Crippen molar-refractivity contribution < 1.29 is 9.21 Å². The highest BCUT2D eigenvalue weighted by Gasteiger charge is 2.21. The molecular weight excluding hydrogens is 242 g/mol. The smallest absolute Gasteiger partial charge is 0.273 e. The summed E-state index contributed by atoms with van der Waals surface area (Å²) in [5.74, 6) is 1.42. The van der Waals surface area contributed by atoms with Gasteiger partial charge in [0.2, 0.25) is 0 Å². The molecule has 2 N–H and O–H groups in total. The van der Waals surface area contributed by atoms with Crippen molar-refractivity contribution in [3.05, 3.63) is 17.8 Å². The first kappa shape index (κ1) is 14.1. The van der Waals surface area contributed by atoms with Gasteiger partial charge in [-0.05, 0) is 31.7 Å². The molecule has 0 spiro atoms. The van der Waals surface area contributed by atoms with E-state index in [1.807, 2.05) is 0 Å². The monoisotopic (exact) mass is 265 g/mol. The molecule has 2 rings (SSSR count). The number of amides is 1. The fourth-order valence-electron chi connectivity index (χ4n) is 2.21. The van der Waals surface area contributed by atoms with Gasteiger partial charge in [-0.1, -0.05) is 13.8 Å².